The average Bonchev–Trinajstić information content (AvgIpc) is 2.97. The fourth-order valence-electron chi connectivity index (χ4n) is 2.37. The average molecular weight is 294 g/mol. The Morgan fingerprint density at radius 3 is 2.65 bits per heavy atom. The van der Waals surface area contributed by atoms with Gasteiger partial charge in [-0.05, 0) is 37.2 Å². The number of hydrogen-bond donors (Lipinski definition) is 2. The van der Waals surface area contributed by atoms with Crippen LogP contribution in [0.1, 0.15) is 25.7 Å². The van der Waals surface area contributed by atoms with Crippen molar-refractivity contribution in [2.24, 2.45) is 0 Å². The second kappa shape index (κ2) is 7.94. The van der Waals surface area contributed by atoms with Crippen molar-refractivity contribution in [3.8, 4) is 11.5 Å². The van der Waals surface area contributed by atoms with E-state index in [2.05, 4.69) is 10.6 Å². The van der Waals surface area contributed by atoms with E-state index in [9.17, 15) is 0 Å². The van der Waals surface area contributed by atoms with Gasteiger partial charge in [-0.3, -0.25) is 0 Å². The molecule has 0 aliphatic heterocycles. The van der Waals surface area contributed by atoms with Gasteiger partial charge >= 0.3 is 0 Å². The van der Waals surface area contributed by atoms with E-state index in [-0.39, 0.29) is 0 Å². The van der Waals surface area contributed by atoms with E-state index in [1.54, 1.807) is 7.11 Å². The molecule has 0 spiro atoms. The minimum atomic E-state index is 0.546. The van der Waals surface area contributed by atoms with Crippen LogP contribution in [-0.4, -0.2) is 31.4 Å². The molecule has 20 heavy (non-hydrogen) atoms. The Hall–Kier alpha value is -1.49. The molecule has 0 unspecified atom stereocenters. The number of nitrogens with one attached hydrogen (secondary N) is 2. The molecule has 0 saturated heterocycles. The third-order valence-electron chi connectivity index (χ3n) is 3.40. The number of para-hydroxylation sites is 2. The Morgan fingerprint density at radius 1 is 1.25 bits per heavy atom. The number of benzene rings is 1. The Bertz CT molecular complexity index is 434. The Morgan fingerprint density at radius 2 is 1.95 bits per heavy atom. The third-order valence-corrected chi connectivity index (χ3v) is 3.67. The van der Waals surface area contributed by atoms with Crippen molar-refractivity contribution < 1.29 is 9.47 Å². The van der Waals surface area contributed by atoms with Gasteiger partial charge in [-0.1, -0.05) is 25.0 Å². The van der Waals surface area contributed by atoms with Crippen molar-refractivity contribution in [2.45, 2.75) is 31.7 Å². The highest BCUT2D eigenvalue weighted by Gasteiger charge is 2.15. The Labute approximate surface area is 125 Å². The SMILES string of the molecule is COc1ccccc1OCCNC(=S)NC1CCCC1. The zero-order valence-corrected chi connectivity index (χ0v) is 12.7. The molecule has 0 aromatic heterocycles. The van der Waals surface area contributed by atoms with Crippen molar-refractivity contribution in [1.82, 2.24) is 10.6 Å². The van der Waals surface area contributed by atoms with Crippen molar-refractivity contribution in [3.05, 3.63) is 24.3 Å². The molecule has 0 atom stereocenters. The van der Waals surface area contributed by atoms with Crippen LogP contribution < -0.4 is 20.1 Å². The first-order chi connectivity index (χ1) is 9.79. The number of hydrogen-bond acceptors (Lipinski definition) is 3. The molecular formula is C15H22N2O2S. The standard InChI is InChI=1S/C15H22N2O2S/c1-18-13-8-4-5-9-14(13)19-11-10-16-15(20)17-12-6-2-3-7-12/h4-5,8-9,12H,2-3,6-7,10-11H2,1H3,(H2,16,17,20). The lowest BCUT2D eigenvalue weighted by Gasteiger charge is -2.16. The summed E-state index contributed by atoms with van der Waals surface area (Å²) in [6, 6.07) is 8.18. The van der Waals surface area contributed by atoms with E-state index in [1.165, 1.54) is 25.7 Å². The number of ether oxygens (including phenoxy) is 2. The van der Waals surface area contributed by atoms with Crippen LogP contribution in [0.25, 0.3) is 0 Å². The summed E-state index contributed by atoms with van der Waals surface area (Å²) in [4.78, 5) is 0. The predicted octanol–water partition coefficient (Wildman–Crippen LogP) is 2.48. The maximum absolute atomic E-state index is 5.67. The molecule has 0 radical (unpaired) electrons. The van der Waals surface area contributed by atoms with E-state index >= 15 is 0 Å². The van der Waals surface area contributed by atoms with Gasteiger partial charge in [0, 0.05) is 6.04 Å². The van der Waals surface area contributed by atoms with Gasteiger partial charge in [-0.25, -0.2) is 0 Å². The minimum absolute atomic E-state index is 0.546. The molecule has 1 aromatic carbocycles. The maximum Gasteiger partial charge on any atom is 0.166 e. The summed E-state index contributed by atoms with van der Waals surface area (Å²) in [5.74, 6) is 1.51. The first-order valence-electron chi connectivity index (χ1n) is 7.10. The molecule has 4 nitrogen and oxygen atoms in total. The summed E-state index contributed by atoms with van der Waals surface area (Å²) in [5.41, 5.74) is 0. The van der Waals surface area contributed by atoms with E-state index in [4.69, 9.17) is 21.7 Å². The van der Waals surface area contributed by atoms with Crippen molar-refractivity contribution in [1.29, 1.82) is 0 Å². The molecule has 0 amide bonds. The lowest BCUT2D eigenvalue weighted by Crippen LogP contribution is -2.42. The quantitative estimate of drug-likeness (QED) is 0.623. The lowest BCUT2D eigenvalue weighted by atomic mass is 10.3. The summed E-state index contributed by atoms with van der Waals surface area (Å²) >= 11 is 5.27. The fourth-order valence-corrected chi connectivity index (χ4v) is 2.64. The van der Waals surface area contributed by atoms with E-state index in [0.717, 1.165) is 16.6 Å². The molecule has 0 bridgehead atoms. The van der Waals surface area contributed by atoms with Crippen LogP contribution in [0.5, 0.6) is 11.5 Å². The summed E-state index contributed by atoms with van der Waals surface area (Å²) in [5, 5.41) is 7.23. The van der Waals surface area contributed by atoms with Crippen molar-refractivity contribution in [3.63, 3.8) is 0 Å². The molecule has 110 valence electrons. The van der Waals surface area contributed by atoms with Crippen LogP contribution in [0.2, 0.25) is 0 Å². The number of methoxy groups -OCH3 is 1. The molecule has 5 heteroatoms. The highest BCUT2D eigenvalue weighted by molar-refractivity contribution is 7.80. The van der Waals surface area contributed by atoms with E-state index in [0.29, 0.717) is 19.2 Å². The molecule has 1 aliphatic rings. The molecule has 1 saturated carbocycles. The zero-order valence-electron chi connectivity index (χ0n) is 11.9. The minimum Gasteiger partial charge on any atom is -0.493 e. The molecule has 2 N–H and O–H groups in total. The van der Waals surface area contributed by atoms with Crippen LogP contribution >= 0.6 is 12.2 Å². The van der Waals surface area contributed by atoms with Gasteiger partial charge in [0.1, 0.15) is 6.61 Å². The topological polar surface area (TPSA) is 42.5 Å². The highest BCUT2D eigenvalue weighted by atomic mass is 32.1. The van der Waals surface area contributed by atoms with Crippen LogP contribution in [0.15, 0.2) is 24.3 Å². The smallest absolute Gasteiger partial charge is 0.166 e. The van der Waals surface area contributed by atoms with Gasteiger partial charge in [0.25, 0.3) is 0 Å². The third kappa shape index (κ3) is 4.56. The van der Waals surface area contributed by atoms with E-state index < -0.39 is 0 Å². The van der Waals surface area contributed by atoms with Crippen LogP contribution in [0.4, 0.5) is 0 Å². The van der Waals surface area contributed by atoms with Gasteiger partial charge in [0.05, 0.1) is 13.7 Å². The summed E-state index contributed by atoms with van der Waals surface area (Å²) in [6.45, 7) is 1.23. The predicted molar refractivity (Wildman–Crippen MR) is 84.5 cm³/mol. The first-order valence-corrected chi connectivity index (χ1v) is 7.50. The van der Waals surface area contributed by atoms with Crippen molar-refractivity contribution >= 4 is 17.3 Å². The summed E-state index contributed by atoms with van der Waals surface area (Å²) < 4.78 is 10.9. The first kappa shape index (κ1) is 14.9. The molecule has 1 aliphatic carbocycles. The normalized spacial score (nSPS) is 14.8. The van der Waals surface area contributed by atoms with Gasteiger partial charge in [-0.15, -0.1) is 0 Å². The summed E-state index contributed by atoms with van der Waals surface area (Å²) in [6.07, 6.45) is 5.05. The van der Waals surface area contributed by atoms with Crippen LogP contribution in [0.3, 0.4) is 0 Å². The fraction of sp³-hybridized carbons (Fsp3) is 0.533. The number of rotatable bonds is 6. The lowest BCUT2D eigenvalue weighted by molar-refractivity contribution is 0.298. The van der Waals surface area contributed by atoms with Gasteiger partial charge < -0.3 is 20.1 Å². The second-order valence-corrected chi connectivity index (χ2v) is 5.29. The largest absolute Gasteiger partial charge is 0.493 e. The maximum atomic E-state index is 5.67. The van der Waals surface area contributed by atoms with Gasteiger partial charge in [0.2, 0.25) is 0 Å². The van der Waals surface area contributed by atoms with Gasteiger partial charge in [-0.2, -0.15) is 0 Å². The molecular weight excluding hydrogens is 272 g/mol. The van der Waals surface area contributed by atoms with Crippen LogP contribution in [-0.2, 0) is 0 Å². The molecule has 1 fully saturated rings. The van der Waals surface area contributed by atoms with Crippen molar-refractivity contribution in [2.75, 3.05) is 20.3 Å². The van der Waals surface area contributed by atoms with Gasteiger partial charge in [0.15, 0.2) is 16.6 Å². The monoisotopic (exact) mass is 294 g/mol. The van der Waals surface area contributed by atoms with Crippen LogP contribution in [0, 0.1) is 0 Å². The Balaban J connectivity index is 1.64. The second-order valence-electron chi connectivity index (χ2n) is 4.88. The number of thiocarbonyl (C=S) groups is 1. The molecule has 2 rings (SSSR count). The summed E-state index contributed by atoms with van der Waals surface area (Å²) in [7, 11) is 1.64. The zero-order chi connectivity index (χ0) is 14.2. The molecule has 1 aromatic rings. The van der Waals surface area contributed by atoms with E-state index in [1.807, 2.05) is 24.3 Å². The molecule has 0 heterocycles. The highest BCUT2D eigenvalue weighted by Crippen LogP contribution is 2.25. The Kier molecular flexibility index (Phi) is 5.92.